The molecule has 9 nitrogen and oxygen atoms in total. The Bertz CT molecular complexity index is 883. The van der Waals surface area contributed by atoms with Crippen LogP contribution in [0.2, 0.25) is 0 Å². The van der Waals surface area contributed by atoms with Gasteiger partial charge >= 0.3 is 6.03 Å². The molecule has 25 heavy (non-hydrogen) atoms. The molecule has 3 aromatic heterocycles. The van der Waals surface area contributed by atoms with Gasteiger partial charge in [0.25, 0.3) is 0 Å². The van der Waals surface area contributed by atoms with E-state index in [0.29, 0.717) is 37.3 Å². The minimum absolute atomic E-state index is 0.177. The smallest absolute Gasteiger partial charge is 0.318 e. The molecule has 0 saturated heterocycles. The van der Waals surface area contributed by atoms with Crippen LogP contribution >= 0.6 is 0 Å². The number of fused-ring (bicyclic) bond motifs is 1. The van der Waals surface area contributed by atoms with Crippen LogP contribution in [-0.2, 0) is 13.1 Å². The molecule has 1 fully saturated rings. The second-order valence-corrected chi connectivity index (χ2v) is 6.05. The van der Waals surface area contributed by atoms with Gasteiger partial charge in [0.15, 0.2) is 11.5 Å². The van der Waals surface area contributed by atoms with Gasteiger partial charge in [-0.2, -0.15) is 4.98 Å². The molecule has 3 heterocycles. The van der Waals surface area contributed by atoms with Crippen LogP contribution in [0.4, 0.5) is 4.79 Å². The molecular weight excluding hydrogens is 322 g/mol. The van der Waals surface area contributed by atoms with Crippen LogP contribution in [0, 0.1) is 0 Å². The van der Waals surface area contributed by atoms with Crippen LogP contribution in [0.15, 0.2) is 29.3 Å². The average Bonchev–Trinajstić information content (AvgIpc) is 3.24. The Morgan fingerprint density at radius 3 is 3.12 bits per heavy atom. The van der Waals surface area contributed by atoms with Gasteiger partial charge in [0.2, 0.25) is 5.89 Å². The number of hydrogen-bond acceptors (Lipinski definition) is 6. The van der Waals surface area contributed by atoms with Gasteiger partial charge in [-0.3, -0.25) is 9.38 Å². The van der Waals surface area contributed by atoms with Gasteiger partial charge in [-0.05, 0) is 19.8 Å². The van der Waals surface area contributed by atoms with Gasteiger partial charge in [-0.15, -0.1) is 0 Å². The van der Waals surface area contributed by atoms with Gasteiger partial charge in [-0.1, -0.05) is 5.16 Å². The first-order valence-electron chi connectivity index (χ1n) is 8.35. The second kappa shape index (κ2) is 6.50. The number of carbonyl (C=O) groups excluding carboxylic acids is 1. The molecule has 0 spiro atoms. The van der Waals surface area contributed by atoms with Crippen molar-refractivity contribution in [3.63, 3.8) is 0 Å². The third-order valence-electron chi connectivity index (χ3n) is 4.23. The first-order chi connectivity index (χ1) is 12.2. The van der Waals surface area contributed by atoms with Gasteiger partial charge in [0.1, 0.15) is 0 Å². The second-order valence-electron chi connectivity index (χ2n) is 6.05. The molecule has 3 aromatic rings. The molecule has 0 aliphatic heterocycles. The predicted molar refractivity (Wildman–Crippen MR) is 87.6 cm³/mol. The van der Waals surface area contributed by atoms with Crippen LogP contribution in [-0.4, -0.2) is 42.0 Å². The van der Waals surface area contributed by atoms with Crippen LogP contribution in [0.1, 0.15) is 43.1 Å². The summed E-state index contributed by atoms with van der Waals surface area (Å²) in [5.74, 6) is 1.64. The fourth-order valence-electron chi connectivity index (χ4n) is 2.63. The van der Waals surface area contributed by atoms with Crippen LogP contribution in [0.5, 0.6) is 0 Å². The van der Waals surface area contributed by atoms with Crippen molar-refractivity contribution in [1.82, 2.24) is 34.7 Å². The highest BCUT2D eigenvalue weighted by atomic mass is 16.5. The highest BCUT2D eigenvalue weighted by Gasteiger charge is 2.30. The van der Waals surface area contributed by atoms with Gasteiger partial charge in [0.05, 0.1) is 31.2 Å². The fraction of sp³-hybridized carbons (Fsp3) is 0.438. The van der Waals surface area contributed by atoms with Crippen LogP contribution in [0.3, 0.4) is 0 Å². The van der Waals surface area contributed by atoms with E-state index in [1.54, 1.807) is 23.5 Å². The van der Waals surface area contributed by atoms with Crippen molar-refractivity contribution in [1.29, 1.82) is 0 Å². The molecule has 130 valence electrons. The summed E-state index contributed by atoms with van der Waals surface area (Å²) in [4.78, 5) is 26.8. The van der Waals surface area contributed by atoms with E-state index >= 15 is 0 Å². The molecule has 0 bridgehead atoms. The lowest BCUT2D eigenvalue weighted by atomic mass is 10.4. The number of nitrogens with one attached hydrogen (secondary N) is 1. The lowest BCUT2D eigenvalue weighted by Crippen LogP contribution is -2.39. The molecule has 9 heteroatoms. The van der Waals surface area contributed by atoms with E-state index in [4.69, 9.17) is 4.52 Å². The molecule has 0 atom stereocenters. The Kier molecular flexibility index (Phi) is 4.04. The first kappa shape index (κ1) is 15.6. The van der Waals surface area contributed by atoms with Gasteiger partial charge < -0.3 is 14.7 Å². The summed E-state index contributed by atoms with van der Waals surface area (Å²) in [7, 11) is 0. The summed E-state index contributed by atoms with van der Waals surface area (Å²) >= 11 is 0. The average molecular weight is 341 g/mol. The molecule has 0 aromatic carbocycles. The van der Waals surface area contributed by atoms with Crippen molar-refractivity contribution >= 4 is 11.7 Å². The van der Waals surface area contributed by atoms with E-state index in [2.05, 4.69) is 25.4 Å². The largest absolute Gasteiger partial charge is 0.339 e. The molecule has 1 saturated carbocycles. The van der Waals surface area contributed by atoms with E-state index < -0.39 is 0 Å². The number of carbonyl (C=O) groups is 1. The molecule has 1 N–H and O–H groups in total. The number of nitrogens with zero attached hydrogens (tertiary/aromatic N) is 6. The van der Waals surface area contributed by atoms with Crippen LogP contribution in [0.25, 0.3) is 5.65 Å². The maximum Gasteiger partial charge on any atom is 0.318 e. The normalized spacial score (nSPS) is 14.0. The standard InChI is InChI=1S/C16H19N7O2/c1-2-22(10-13-20-15(25-21-13)11-3-4-11)16(24)19-8-12-7-18-14-9-17-5-6-23(12)14/h5-7,9,11H,2-4,8,10H2,1H3,(H,19,24). The maximum atomic E-state index is 12.4. The SMILES string of the molecule is CCN(Cc1noc(C2CC2)n1)C(=O)NCc1cnc2cnccn12. The Labute approximate surface area is 144 Å². The Balaban J connectivity index is 1.38. The summed E-state index contributed by atoms with van der Waals surface area (Å²) in [6, 6.07) is -0.177. The summed E-state index contributed by atoms with van der Waals surface area (Å²) in [5.41, 5.74) is 1.64. The minimum atomic E-state index is -0.177. The zero-order valence-corrected chi connectivity index (χ0v) is 13.9. The summed E-state index contributed by atoms with van der Waals surface area (Å²) in [6.45, 7) is 3.17. The van der Waals surface area contributed by atoms with Crippen molar-refractivity contribution in [3.8, 4) is 0 Å². The molecule has 4 rings (SSSR count). The monoisotopic (exact) mass is 341 g/mol. The van der Waals surface area contributed by atoms with Gasteiger partial charge in [0, 0.05) is 24.9 Å². The highest BCUT2D eigenvalue weighted by molar-refractivity contribution is 5.74. The molecule has 0 radical (unpaired) electrons. The highest BCUT2D eigenvalue weighted by Crippen LogP contribution is 2.38. The van der Waals surface area contributed by atoms with Crippen molar-refractivity contribution in [2.24, 2.45) is 0 Å². The van der Waals surface area contributed by atoms with Crippen molar-refractivity contribution < 1.29 is 9.32 Å². The summed E-state index contributed by atoms with van der Waals surface area (Å²) in [5, 5.41) is 6.88. The van der Waals surface area contributed by atoms with Crippen molar-refractivity contribution in [2.75, 3.05) is 6.54 Å². The van der Waals surface area contributed by atoms with E-state index in [1.807, 2.05) is 17.5 Å². The zero-order chi connectivity index (χ0) is 17.2. The zero-order valence-electron chi connectivity index (χ0n) is 13.9. The fourth-order valence-corrected chi connectivity index (χ4v) is 2.63. The summed E-state index contributed by atoms with van der Waals surface area (Å²) in [6.07, 6.45) is 9.13. The topological polar surface area (TPSA) is 101 Å². The first-order valence-corrected chi connectivity index (χ1v) is 8.35. The van der Waals surface area contributed by atoms with E-state index in [-0.39, 0.29) is 6.03 Å². The van der Waals surface area contributed by atoms with Crippen molar-refractivity contribution in [2.45, 2.75) is 38.8 Å². The molecule has 2 amide bonds. The van der Waals surface area contributed by atoms with Crippen molar-refractivity contribution in [3.05, 3.63) is 42.2 Å². The number of urea groups is 1. The quantitative estimate of drug-likeness (QED) is 0.732. The predicted octanol–water partition coefficient (Wildman–Crippen LogP) is 1.72. The number of hydrogen-bond donors (Lipinski definition) is 1. The van der Waals surface area contributed by atoms with E-state index in [1.165, 1.54) is 0 Å². The number of rotatable bonds is 6. The third-order valence-corrected chi connectivity index (χ3v) is 4.23. The van der Waals surface area contributed by atoms with E-state index in [0.717, 1.165) is 24.2 Å². The maximum absolute atomic E-state index is 12.4. The third kappa shape index (κ3) is 3.30. The molecule has 1 aliphatic carbocycles. The Morgan fingerprint density at radius 2 is 2.32 bits per heavy atom. The molecular formula is C16H19N7O2. The number of imidazole rings is 1. The molecule has 1 aliphatic rings. The Hall–Kier alpha value is -2.97. The summed E-state index contributed by atoms with van der Waals surface area (Å²) < 4.78 is 7.14. The van der Waals surface area contributed by atoms with Gasteiger partial charge in [-0.25, -0.2) is 9.78 Å². The molecule has 0 unspecified atom stereocenters. The van der Waals surface area contributed by atoms with Crippen LogP contribution < -0.4 is 5.32 Å². The number of amides is 2. The minimum Gasteiger partial charge on any atom is -0.339 e. The lowest BCUT2D eigenvalue weighted by molar-refractivity contribution is 0.195. The lowest BCUT2D eigenvalue weighted by Gasteiger charge is -2.19. The Morgan fingerprint density at radius 1 is 1.44 bits per heavy atom. The van der Waals surface area contributed by atoms with E-state index in [9.17, 15) is 4.79 Å². The number of aromatic nitrogens is 5.